The molecule has 3 aromatic carbocycles. The highest BCUT2D eigenvalue weighted by atomic mass is 35.5. The van der Waals surface area contributed by atoms with E-state index >= 15 is 0 Å². The van der Waals surface area contributed by atoms with Crippen molar-refractivity contribution in [2.24, 2.45) is 0 Å². The van der Waals surface area contributed by atoms with E-state index in [2.05, 4.69) is 39.4 Å². The predicted molar refractivity (Wildman–Crippen MR) is 180 cm³/mol. The Morgan fingerprint density at radius 1 is 0.814 bits per heavy atom. The number of aryl methyl sites for hydroxylation is 2. The number of unbranched alkanes of at least 4 members (excludes halogenated alkanes) is 1. The van der Waals surface area contributed by atoms with Gasteiger partial charge in [-0.2, -0.15) is 0 Å². The smallest absolute Gasteiger partial charge is 0.317 e. The van der Waals surface area contributed by atoms with Gasteiger partial charge in [0.2, 0.25) is 0 Å². The first kappa shape index (κ1) is 34.2. The van der Waals surface area contributed by atoms with Crippen LogP contribution in [0, 0.1) is 13.8 Å². The second-order valence-electron chi connectivity index (χ2n) is 11.2. The average Bonchev–Trinajstić information content (AvgIpc) is 2.99. The van der Waals surface area contributed by atoms with Crippen LogP contribution in [0.15, 0.2) is 66.7 Å². The molecular weight excluding hydrogens is 581 g/mol. The van der Waals surface area contributed by atoms with Crippen LogP contribution in [0.3, 0.4) is 0 Å². The summed E-state index contributed by atoms with van der Waals surface area (Å²) >= 11 is 11.2. The highest BCUT2D eigenvalue weighted by molar-refractivity contribution is 6.41. The molecule has 0 aliphatic carbocycles. The van der Waals surface area contributed by atoms with Crippen LogP contribution in [0.1, 0.15) is 39.9 Å². The Bertz CT molecular complexity index is 1300. The van der Waals surface area contributed by atoms with Crippen LogP contribution in [0.4, 0.5) is 10.5 Å². The standard InChI is InChI=1S/C28H41N5O2.C6H4Cl2/c1-22-18-23(2)20-25(19-22)27(34)31(5)12-8-9-13-32-14-16-33(17-15-32)26-11-7-6-10-24(26)21-29-28(35)30(3)4;7-5-3-1-2-4-6(5)8/h6-7,10-11,18-20H,8-9,12-17,21H2,1-5H3,(H,29,35);1-4H. The number of benzene rings is 3. The molecule has 0 bridgehead atoms. The fourth-order valence-corrected chi connectivity index (χ4v) is 5.33. The maximum absolute atomic E-state index is 12.7. The molecule has 43 heavy (non-hydrogen) atoms. The third-order valence-electron chi connectivity index (χ3n) is 7.40. The van der Waals surface area contributed by atoms with Crippen LogP contribution in [-0.4, -0.2) is 87.0 Å². The number of piperazine rings is 1. The van der Waals surface area contributed by atoms with Crippen molar-refractivity contribution < 1.29 is 9.59 Å². The Kier molecular flexibility index (Phi) is 13.6. The first-order chi connectivity index (χ1) is 20.5. The largest absolute Gasteiger partial charge is 0.369 e. The van der Waals surface area contributed by atoms with Crippen molar-refractivity contribution in [1.29, 1.82) is 0 Å². The number of amides is 3. The molecule has 0 spiro atoms. The van der Waals surface area contributed by atoms with Gasteiger partial charge in [0, 0.05) is 71.7 Å². The molecule has 9 heteroatoms. The monoisotopic (exact) mass is 625 g/mol. The summed E-state index contributed by atoms with van der Waals surface area (Å²) in [4.78, 5) is 33.0. The summed E-state index contributed by atoms with van der Waals surface area (Å²) in [6.07, 6.45) is 2.08. The predicted octanol–water partition coefficient (Wildman–Crippen LogP) is 6.74. The minimum absolute atomic E-state index is 0.0778. The number of hydrogen-bond donors (Lipinski definition) is 1. The van der Waals surface area contributed by atoms with Crippen LogP contribution in [0.2, 0.25) is 10.0 Å². The van der Waals surface area contributed by atoms with Gasteiger partial charge in [-0.3, -0.25) is 9.69 Å². The Morgan fingerprint density at radius 3 is 1.98 bits per heavy atom. The molecule has 1 fully saturated rings. The molecule has 3 amide bonds. The van der Waals surface area contributed by atoms with Gasteiger partial charge in [0.05, 0.1) is 10.0 Å². The molecule has 4 rings (SSSR count). The van der Waals surface area contributed by atoms with Crippen molar-refractivity contribution in [3.05, 3.63) is 99.0 Å². The molecule has 7 nitrogen and oxygen atoms in total. The minimum atomic E-state index is -0.0778. The number of rotatable bonds is 9. The van der Waals surface area contributed by atoms with Gasteiger partial charge in [-0.15, -0.1) is 0 Å². The van der Waals surface area contributed by atoms with Gasteiger partial charge in [-0.25, -0.2) is 4.79 Å². The highest BCUT2D eigenvalue weighted by Gasteiger charge is 2.19. The Labute approximate surface area is 267 Å². The van der Waals surface area contributed by atoms with Crippen molar-refractivity contribution in [2.75, 3.05) is 65.3 Å². The Morgan fingerprint density at radius 2 is 1.40 bits per heavy atom. The average molecular weight is 627 g/mol. The summed E-state index contributed by atoms with van der Waals surface area (Å²) in [6.45, 7) is 10.4. The first-order valence-electron chi connectivity index (χ1n) is 14.8. The molecule has 1 N–H and O–H groups in total. The number of halogens is 2. The maximum Gasteiger partial charge on any atom is 0.317 e. The van der Waals surface area contributed by atoms with Gasteiger partial charge in [-0.1, -0.05) is 70.7 Å². The topological polar surface area (TPSA) is 59.1 Å². The van der Waals surface area contributed by atoms with E-state index in [0.29, 0.717) is 16.6 Å². The fraction of sp³-hybridized carbons (Fsp3) is 0.412. The van der Waals surface area contributed by atoms with E-state index in [9.17, 15) is 9.59 Å². The van der Waals surface area contributed by atoms with Crippen LogP contribution in [-0.2, 0) is 6.54 Å². The molecule has 1 saturated heterocycles. The summed E-state index contributed by atoms with van der Waals surface area (Å²) in [5, 5.41) is 4.19. The van der Waals surface area contributed by atoms with Crippen molar-refractivity contribution in [2.45, 2.75) is 33.2 Å². The maximum atomic E-state index is 12.7. The van der Waals surface area contributed by atoms with E-state index in [1.165, 1.54) is 5.69 Å². The third kappa shape index (κ3) is 11.1. The molecule has 1 aliphatic rings. The highest BCUT2D eigenvalue weighted by Crippen LogP contribution is 2.22. The number of nitrogens with zero attached hydrogens (tertiary/aromatic N) is 4. The second kappa shape index (κ2) is 17.1. The Balaban J connectivity index is 0.000000546. The Hall–Kier alpha value is -3.26. The van der Waals surface area contributed by atoms with Gasteiger partial charge in [-0.05, 0) is 69.1 Å². The van der Waals surface area contributed by atoms with E-state index in [0.717, 1.165) is 74.4 Å². The quantitative estimate of drug-likeness (QED) is 0.267. The molecule has 1 aliphatic heterocycles. The van der Waals surface area contributed by atoms with E-state index in [1.54, 1.807) is 31.1 Å². The third-order valence-corrected chi connectivity index (χ3v) is 8.15. The lowest BCUT2D eigenvalue weighted by molar-refractivity contribution is 0.0791. The number of nitrogens with one attached hydrogen (secondary N) is 1. The van der Waals surface area contributed by atoms with E-state index < -0.39 is 0 Å². The van der Waals surface area contributed by atoms with Crippen molar-refractivity contribution in [3.63, 3.8) is 0 Å². The SMILES string of the molecule is Cc1cc(C)cc(C(=O)N(C)CCCCN2CCN(c3ccccc3CNC(=O)N(C)C)CC2)c1.Clc1ccccc1Cl. The van der Waals surface area contributed by atoms with Gasteiger partial charge >= 0.3 is 6.03 Å². The van der Waals surface area contributed by atoms with Crippen LogP contribution in [0.25, 0.3) is 0 Å². The number of carbonyl (C=O) groups is 2. The molecule has 1 heterocycles. The molecule has 232 valence electrons. The summed E-state index contributed by atoms with van der Waals surface area (Å²) in [5.41, 5.74) is 5.39. The van der Waals surface area contributed by atoms with E-state index in [4.69, 9.17) is 23.2 Å². The molecular formula is C34H45Cl2N5O2. The normalized spacial score (nSPS) is 13.1. The number of para-hydroxylation sites is 1. The summed E-state index contributed by atoms with van der Waals surface area (Å²) < 4.78 is 0. The van der Waals surface area contributed by atoms with E-state index in [-0.39, 0.29) is 11.9 Å². The lowest BCUT2D eigenvalue weighted by Crippen LogP contribution is -2.47. The summed E-state index contributed by atoms with van der Waals surface area (Å²) in [7, 11) is 5.40. The minimum Gasteiger partial charge on any atom is -0.369 e. The molecule has 0 radical (unpaired) electrons. The lowest BCUT2D eigenvalue weighted by Gasteiger charge is -2.37. The summed E-state index contributed by atoms with van der Waals surface area (Å²) in [5.74, 6) is 0.103. The molecule has 0 atom stereocenters. The van der Waals surface area contributed by atoms with Gasteiger partial charge in [0.1, 0.15) is 0 Å². The van der Waals surface area contributed by atoms with Crippen molar-refractivity contribution in [3.8, 4) is 0 Å². The molecule has 3 aromatic rings. The van der Waals surface area contributed by atoms with Crippen LogP contribution >= 0.6 is 23.2 Å². The molecule has 0 unspecified atom stereocenters. The number of urea groups is 1. The second-order valence-corrected chi connectivity index (χ2v) is 12.0. The van der Waals surface area contributed by atoms with Gasteiger partial charge in [0.25, 0.3) is 5.91 Å². The van der Waals surface area contributed by atoms with Gasteiger partial charge in [0.15, 0.2) is 0 Å². The summed E-state index contributed by atoms with van der Waals surface area (Å²) in [6, 6.07) is 21.5. The zero-order valence-electron chi connectivity index (χ0n) is 26.1. The number of carbonyl (C=O) groups excluding carboxylic acids is 2. The van der Waals surface area contributed by atoms with E-state index in [1.807, 2.05) is 56.1 Å². The van der Waals surface area contributed by atoms with Crippen molar-refractivity contribution in [1.82, 2.24) is 20.0 Å². The zero-order valence-corrected chi connectivity index (χ0v) is 27.6. The number of hydrogen-bond acceptors (Lipinski definition) is 4. The molecule has 0 saturated carbocycles. The number of anilines is 1. The van der Waals surface area contributed by atoms with Crippen LogP contribution in [0.5, 0.6) is 0 Å². The first-order valence-corrected chi connectivity index (χ1v) is 15.5. The zero-order chi connectivity index (χ0) is 31.4. The van der Waals surface area contributed by atoms with Crippen molar-refractivity contribution >= 4 is 40.8 Å². The van der Waals surface area contributed by atoms with Gasteiger partial charge < -0.3 is 20.0 Å². The molecule has 0 aromatic heterocycles. The van der Waals surface area contributed by atoms with Crippen LogP contribution < -0.4 is 10.2 Å². The lowest BCUT2D eigenvalue weighted by atomic mass is 10.1. The fourth-order valence-electron chi connectivity index (χ4n) is 5.05.